The Kier molecular flexibility index (Phi) is 7.49. The summed E-state index contributed by atoms with van der Waals surface area (Å²) >= 11 is 12.1. The molecule has 2 heterocycles. The van der Waals surface area contributed by atoms with Crippen molar-refractivity contribution < 1.29 is 14.4 Å². The second-order valence-electron chi connectivity index (χ2n) is 9.41. The fourth-order valence-electron chi connectivity index (χ4n) is 5.08. The normalized spacial score (nSPS) is 17.8. The summed E-state index contributed by atoms with van der Waals surface area (Å²) in [7, 11) is 0. The number of halogens is 2. The van der Waals surface area contributed by atoms with Crippen LogP contribution in [-0.4, -0.2) is 42.3 Å². The van der Waals surface area contributed by atoms with E-state index in [-0.39, 0.29) is 30.1 Å². The molecule has 5 rings (SSSR count). The number of fused-ring (bicyclic) bond motifs is 1. The molecule has 6 nitrogen and oxygen atoms in total. The third-order valence-electron chi connectivity index (χ3n) is 6.99. The first-order chi connectivity index (χ1) is 17.9. The van der Waals surface area contributed by atoms with Crippen molar-refractivity contribution in [1.29, 1.82) is 0 Å². The van der Waals surface area contributed by atoms with Gasteiger partial charge in [0.1, 0.15) is 0 Å². The molecular formula is C29H27Cl2N3O3. The minimum absolute atomic E-state index is 0.0216. The fourth-order valence-corrected chi connectivity index (χ4v) is 5.38. The Hall–Kier alpha value is -3.35. The van der Waals surface area contributed by atoms with Crippen LogP contribution in [0.2, 0.25) is 10.0 Å². The maximum atomic E-state index is 13.9. The molecule has 1 fully saturated rings. The zero-order chi connectivity index (χ0) is 25.9. The number of likely N-dealkylation sites (tertiary alicyclic amines) is 1. The summed E-state index contributed by atoms with van der Waals surface area (Å²) in [6.07, 6.45) is 1.63. The number of carbonyl (C=O) groups is 3. The first-order valence-corrected chi connectivity index (χ1v) is 13.2. The van der Waals surface area contributed by atoms with E-state index < -0.39 is 0 Å². The van der Waals surface area contributed by atoms with Crippen molar-refractivity contribution in [3.63, 3.8) is 0 Å². The van der Waals surface area contributed by atoms with Crippen molar-refractivity contribution in [2.24, 2.45) is 5.92 Å². The largest absolute Gasteiger partial charge is 0.338 e. The molecule has 8 heteroatoms. The summed E-state index contributed by atoms with van der Waals surface area (Å²) in [5, 5.41) is 0.712. The minimum Gasteiger partial charge on any atom is -0.338 e. The number of amides is 3. The number of hydrogen-bond donors (Lipinski definition) is 0. The molecule has 2 aliphatic heterocycles. The molecule has 2 aliphatic rings. The molecule has 1 atom stereocenters. The monoisotopic (exact) mass is 535 g/mol. The smallest absolute Gasteiger partial charge is 0.253 e. The molecule has 37 heavy (non-hydrogen) atoms. The van der Waals surface area contributed by atoms with Gasteiger partial charge in [0.2, 0.25) is 11.8 Å². The third-order valence-corrected chi connectivity index (χ3v) is 7.73. The van der Waals surface area contributed by atoms with E-state index in [1.165, 1.54) is 0 Å². The van der Waals surface area contributed by atoms with Crippen molar-refractivity contribution >= 4 is 52.3 Å². The fraction of sp³-hybridized carbons (Fsp3) is 0.276. The van der Waals surface area contributed by atoms with E-state index in [0.29, 0.717) is 48.2 Å². The Balaban J connectivity index is 1.37. The SMILES string of the molecule is O=C(c1ccc(Cl)c(Cl)c1)N1CCCC(C(=O)N2CCC(=O)N(Cc3ccccc3)c3ccccc32)C1. The molecule has 190 valence electrons. The van der Waals surface area contributed by atoms with Crippen molar-refractivity contribution in [3.8, 4) is 0 Å². The van der Waals surface area contributed by atoms with Crippen LogP contribution in [0.3, 0.4) is 0 Å². The molecule has 0 saturated carbocycles. The number of carbonyl (C=O) groups excluding carboxylic acids is 3. The van der Waals surface area contributed by atoms with Crippen LogP contribution in [-0.2, 0) is 16.1 Å². The van der Waals surface area contributed by atoms with E-state index in [1.807, 2.05) is 54.6 Å². The highest BCUT2D eigenvalue weighted by Gasteiger charge is 2.35. The number of nitrogens with zero attached hydrogens (tertiary/aromatic N) is 3. The number of piperidine rings is 1. The second-order valence-corrected chi connectivity index (χ2v) is 10.2. The van der Waals surface area contributed by atoms with Crippen LogP contribution in [0.25, 0.3) is 0 Å². The number of rotatable bonds is 4. The zero-order valence-corrected chi connectivity index (χ0v) is 21.8. The van der Waals surface area contributed by atoms with E-state index >= 15 is 0 Å². The molecule has 0 aromatic heterocycles. The average Bonchev–Trinajstić information content (AvgIpc) is 3.06. The van der Waals surface area contributed by atoms with Gasteiger partial charge in [0.25, 0.3) is 5.91 Å². The van der Waals surface area contributed by atoms with E-state index in [9.17, 15) is 14.4 Å². The van der Waals surface area contributed by atoms with Crippen LogP contribution in [0.1, 0.15) is 35.2 Å². The van der Waals surface area contributed by atoms with Crippen LogP contribution in [0.15, 0.2) is 72.8 Å². The first-order valence-electron chi connectivity index (χ1n) is 12.4. The van der Waals surface area contributed by atoms with Gasteiger partial charge in [0.15, 0.2) is 0 Å². The molecule has 0 bridgehead atoms. The van der Waals surface area contributed by atoms with E-state index in [1.54, 1.807) is 32.9 Å². The summed E-state index contributed by atoms with van der Waals surface area (Å²) in [5.74, 6) is -0.610. The lowest BCUT2D eigenvalue weighted by Gasteiger charge is -2.35. The highest BCUT2D eigenvalue weighted by Crippen LogP contribution is 2.35. The molecule has 0 spiro atoms. The van der Waals surface area contributed by atoms with Crippen LogP contribution >= 0.6 is 23.2 Å². The molecule has 0 N–H and O–H groups in total. The Labute approximate surface area is 226 Å². The van der Waals surface area contributed by atoms with Crippen molar-refractivity contribution in [3.05, 3.63) is 94.0 Å². The number of anilines is 2. The van der Waals surface area contributed by atoms with Gasteiger partial charge >= 0.3 is 0 Å². The lowest BCUT2D eigenvalue weighted by molar-refractivity contribution is -0.123. The van der Waals surface area contributed by atoms with E-state index in [0.717, 1.165) is 23.4 Å². The average molecular weight is 536 g/mol. The predicted molar refractivity (Wildman–Crippen MR) is 146 cm³/mol. The van der Waals surface area contributed by atoms with Crippen LogP contribution < -0.4 is 9.80 Å². The lowest BCUT2D eigenvalue weighted by atomic mass is 9.95. The van der Waals surface area contributed by atoms with E-state index in [4.69, 9.17) is 23.2 Å². The number of para-hydroxylation sites is 2. The zero-order valence-electron chi connectivity index (χ0n) is 20.3. The maximum absolute atomic E-state index is 13.9. The molecule has 3 amide bonds. The van der Waals surface area contributed by atoms with Gasteiger partial charge in [-0.15, -0.1) is 0 Å². The molecular weight excluding hydrogens is 509 g/mol. The van der Waals surface area contributed by atoms with Gasteiger partial charge in [-0.05, 0) is 48.7 Å². The summed E-state index contributed by atoms with van der Waals surface area (Å²) < 4.78 is 0. The number of hydrogen-bond acceptors (Lipinski definition) is 3. The maximum Gasteiger partial charge on any atom is 0.253 e. The van der Waals surface area contributed by atoms with Gasteiger partial charge in [-0.25, -0.2) is 0 Å². The van der Waals surface area contributed by atoms with Gasteiger partial charge in [-0.2, -0.15) is 0 Å². The molecule has 3 aromatic carbocycles. The Morgan fingerprint density at radius 3 is 2.35 bits per heavy atom. The third kappa shape index (κ3) is 5.36. The quantitative estimate of drug-likeness (QED) is 0.423. The second kappa shape index (κ2) is 11.0. The van der Waals surface area contributed by atoms with Crippen LogP contribution in [0.5, 0.6) is 0 Å². The predicted octanol–water partition coefficient (Wildman–Crippen LogP) is 5.82. The molecule has 3 aromatic rings. The summed E-state index contributed by atoms with van der Waals surface area (Å²) in [6, 6.07) is 22.2. The molecule has 0 aliphatic carbocycles. The topological polar surface area (TPSA) is 60.9 Å². The van der Waals surface area contributed by atoms with Crippen molar-refractivity contribution in [1.82, 2.24) is 4.90 Å². The van der Waals surface area contributed by atoms with Crippen LogP contribution in [0, 0.1) is 5.92 Å². The standard InChI is InChI=1S/C29H27Cl2N3O3/c30-23-13-12-21(17-24(23)31)28(36)32-15-6-9-22(19-32)29(37)33-16-14-27(35)34(18-20-7-2-1-3-8-20)26-11-5-4-10-25(26)33/h1-5,7-8,10-13,17,22H,6,9,14-16,18-19H2. The Morgan fingerprint density at radius 1 is 0.865 bits per heavy atom. The number of benzene rings is 3. The Morgan fingerprint density at radius 2 is 1.59 bits per heavy atom. The van der Waals surface area contributed by atoms with E-state index in [2.05, 4.69) is 0 Å². The van der Waals surface area contributed by atoms with Gasteiger partial charge in [-0.1, -0.05) is 65.7 Å². The van der Waals surface area contributed by atoms with Gasteiger partial charge < -0.3 is 14.7 Å². The van der Waals surface area contributed by atoms with Crippen molar-refractivity contribution in [2.75, 3.05) is 29.4 Å². The van der Waals surface area contributed by atoms with Gasteiger partial charge in [-0.3, -0.25) is 14.4 Å². The lowest BCUT2D eigenvalue weighted by Crippen LogP contribution is -2.47. The van der Waals surface area contributed by atoms with Gasteiger partial charge in [0.05, 0.1) is 33.9 Å². The summed E-state index contributed by atoms with van der Waals surface area (Å²) in [6.45, 7) is 1.63. The van der Waals surface area contributed by atoms with Crippen LogP contribution in [0.4, 0.5) is 11.4 Å². The molecule has 1 unspecified atom stereocenters. The summed E-state index contributed by atoms with van der Waals surface area (Å²) in [4.78, 5) is 45.4. The Bertz CT molecular complexity index is 1330. The first kappa shape index (κ1) is 25.3. The molecule has 0 radical (unpaired) electrons. The highest BCUT2D eigenvalue weighted by atomic mass is 35.5. The molecule has 1 saturated heterocycles. The highest BCUT2D eigenvalue weighted by molar-refractivity contribution is 6.42. The van der Waals surface area contributed by atoms with Crippen molar-refractivity contribution in [2.45, 2.75) is 25.8 Å². The van der Waals surface area contributed by atoms with Gasteiger partial charge in [0, 0.05) is 31.6 Å². The minimum atomic E-state index is -0.357. The summed E-state index contributed by atoms with van der Waals surface area (Å²) in [5.41, 5.74) is 2.92.